The highest BCUT2D eigenvalue weighted by Gasteiger charge is 2.25. The van der Waals surface area contributed by atoms with Gasteiger partial charge in [-0.3, -0.25) is 9.79 Å². The van der Waals surface area contributed by atoms with Crippen LogP contribution in [0.1, 0.15) is 24.6 Å². The summed E-state index contributed by atoms with van der Waals surface area (Å²) in [5.74, 6) is 1.01. The normalized spacial score (nSPS) is 18.6. The first-order chi connectivity index (χ1) is 10.6. The Hall–Kier alpha value is -1.27. The number of rotatable bonds is 5. The summed E-state index contributed by atoms with van der Waals surface area (Å²) in [5.41, 5.74) is 0. The molecule has 1 saturated heterocycles. The first-order valence-electron chi connectivity index (χ1n) is 7.61. The number of halogens is 1. The molecular weight excluding hydrogens is 320 g/mol. The highest BCUT2D eigenvalue weighted by Crippen LogP contribution is 2.21. The number of likely N-dealkylation sites (tertiary alicyclic amines) is 1. The zero-order valence-corrected chi connectivity index (χ0v) is 14.6. The summed E-state index contributed by atoms with van der Waals surface area (Å²) in [6.07, 6.45) is 2.46. The van der Waals surface area contributed by atoms with E-state index in [4.69, 9.17) is 11.6 Å². The summed E-state index contributed by atoms with van der Waals surface area (Å²) < 4.78 is 0.823. The minimum absolute atomic E-state index is 0.224. The molecule has 1 unspecified atom stereocenters. The summed E-state index contributed by atoms with van der Waals surface area (Å²) in [4.78, 5) is 19.1. The summed E-state index contributed by atoms with van der Waals surface area (Å²) in [6, 6.07) is 4.25. The van der Waals surface area contributed by atoms with Crippen LogP contribution < -0.4 is 10.6 Å². The van der Waals surface area contributed by atoms with Crippen LogP contribution in [0.5, 0.6) is 0 Å². The second kappa shape index (κ2) is 8.39. The molecule has 1 aromatic rings. The van der Waals surface area contributed by atoms with Gasteiger partial charge in [-0.2, -0.15) is 0 Å². The topological polar surface area (TPSA) is 56.7 Å². The molecule has 1 aromatic heterocycles. The summed E-state index contributed by atoms with van der Waals surface area (Å²) in [5, 5.41) is 6.70. The SMILES string of the molecule is CCC(=O)N1CCC(NC(=NC)NCCc2ccc(Cl)s2)C1. The number of hydrogen-bond acceptors (Lipinski definition) is 3. The first kappa shape index (κ1) is 17.1. The maximum absolute atomic E-state index is 11.7. The number of nitrogens with one attached hydrogen (secondary N) is 2. The Morgan fingerprint density at radius 1 is 1.55 bits per heavy atom. The van der Waals surface area contributed by atoms with Crippen molar-refractivity contribution in [3.8, 4) is 0 Å². The minimum Gasteiger partial charge on any atom is -0.356 e. The van der Waals surface area contributed by atoms with Gasteiger partial charge in [0.1, 0.15) is 0 Å². The molecule has 22 heavy (non-hydrogen) atoms. The lowest BCUT2D eigenvalue weighted by molar-refractivity contribution is -0.129. The summed E-state index contributed by atoms with van der Waals surface area (Å²) in [7, 11) is 1.77. The van der Waals surface area contributed by atoms with Gasteiger partial charge >= 0.3 is 0 Å². The lowest BCUT2D eigenvalue weighted by atomic mass is 10.3. The van der Waals surface area contributed by atoms with Gasteiger partial charge in [-0.15, -0.1) is 11.3 Å². The van der Waals surface area contributed by atoms with Crippen LogP contribution in [0.15, 0.2) is 17.1 Å². The van der Waals surface area contributed by atoms with Gasteiger partial charge in [-0.1, -0.05) is 18.5 Å². The Labute approximate surface area is 140 Å². The maximum Gasteiger partial charge on any atom is 0.222 e. The van der Waals surface area contributed by atoms with Crippen LogP contribution in [-0.4, -0.2) is 49.5 Å². The zero-order valence-electron chi connectivity index (χ0n) is 13.1. The lowest BCUT2D eigenvalue weighted by Gasteiger charge is -2.18. The third kappa shape index (κ3) is 4.88. The van der Waals surface area contributed by atoms with Crippen molar-refractivity contribution in [1.82, 2.24) is 15.5 Å². The second-order valence-electron chi connectivity index (χ2n) is 5.28. The highest BCUT2D eigenvalue weighted by atomic mass is 35.5. The molecule has 1 fully saturated rings. The molecule has 1 aliphatic heterocycles. The van der Waals surface area contributed by atoms with Gasteiger partial charge in [-0.25, -0.2) is 0 Å². The van der Waals surface area contributed by atoms with Crippen molar-refractivity contribution < 1.29 is 4.79 Å². The zero-order chi connectivity index (χ0) is 15.9. The van der Waals surface area contributed by atoms with Crippen molar-refractivity contribution in [3.63, 3.8) is 0 Å². The van der Waals surface area contributed by atoms with Gasteiger partial charge < -0.3 is 15.5 Å². The molecule has 7 heteroatoms. The number of thiophene rings is 1. The van der Waals surface area contributed by atoms with Crippen LogP contribution in [-0.2, 0) is 11.2 Å². The van der Waals surface area contributed by atoms with Crippen molar-refractivity contribution >= 4 is 34.8 Å². The van der Waals surface area contributed by atoms with E-state index in [1.165, 1.54) is 4.88 Å². The molecule has 1 atom stereocenters. The number of guanidine groups is 1. The predicted molar refractivity (Wildman–Crippen MR) is 92.8 cm³/mol. The molecule has 2 heterocycles. The number of amides is 1. The Morgan fingerprint density at radius 3 is 3.00 bits per heavy atom. The fourth-order valence-corrected chi connectivity index (χ4v) is 3.59. The maximum atomic E-state index is 11.7. The standard InChI is InChI=1S/C15H23ClN4OS/c1-3-14(21)20-9-7-11(10-20)19-15(17-2)18-8-6-12-4-5-13(16)22-12/h4-5,11H,3,6-10H2,1-2H3,(H2,17,18,19). The van der Waals surface area contributed by atoms with E-state index < -0.39 is 0 Å². The van der Waals surface area contributed by atoms with E-state index in [2.05, 4.69) is 21.7 Å². The smallest absolute Gasteiger partial charge is 0.222 e. The number of nitrogens with zero attached hydrogens (tertiary/aromatic N) is 2. The number of carbonyl (C=O) groups is 1. The molecule has 0 bridgehead atoms. The number of hydrogen-bond donors (Lipinski definition) is 2. The molecule has 0 radical (unpaired) electrons. The van der Waals surface area contributed by atoms with Crippen LogP contribution in [0.25, 0.3) is 0 Å². The van der Waals surface area contributed by atoms with Gasteiger partial charge in [0.2, 0.25) is 5.91 Å². The lowest BCUT2D eigenvalue weighted by Crippen LogP contribution is -2.45. The van der Waals surface area contributed by atoms with Crippen molar-refractivity contribution in [2.24, 2.45) is 4.99 Å². The molecule has 5 nitrogen and oxygen atoms in total. The van der Waals surface area contributed by atoms with Gasteiger partial charge in [0.25, 0.3) is 0 Å². The number of aliphatic imine (C=N–C) groups is 1. The minimum atomic E-state index is 0.224. The molecule has 2 N–H and O–H groups in total. The van der Waals surface area contributed by atoms with Crippen LogP contribution in [0, 0.1) is 0 Å². The first-order valence-corrected chi connectivity index (χ1v) is 8.81. The second-order valence-corrected chi connectivity index (χ2v) is 7.08. The van der Waals surface area contributed by atoms with Crippen molar-refractivity contribution in [2.75, 3.05) is 26.7 Å². The van der Waals surface area contributed by atoms with Crippen LogP contribution in [0.3, 0.4) is 0 Å². The average molecular weight is 343 g/mol. The molecule has 0 spiro atoms. The fraction of sp³-hybridized carbons (Fsp3) is 0.600. The fourth-order valence-electron chi connectivity index (χ4n) is 2.51. The third-order valence-electron chi connectivity index (χ3n) is 3.70. The molecular formula is C15H23ClN4OS. The average Bonchev–Trinajstić information content (AvgIpc) is 3.14. The summed E-state index contributed by atoms with van der Waals surface area (Å²) >= 11 is 7.53. The van der Waals surface area contributed by atoms with E-state index in [0.29, 0.717) is 6.42 Å². The Morgan fingerprint density at radius 2 is 2.36 bits per heavy atom. The van der Waals surface area contributed by atoms with E-state index in [9.17, 15) is 4.79 Å². The monoisotopic (exact) mass is 342 g/mol. The Kier molecular flexibility index (Phi) is 6.51. The molecule has 2 rings (SSSR count). The quantitative estimate of drug-likeness (QED) is 0.636. The van der Waals surface area contributed by atoms with Crippen LogP contribution in [0.2, 0.25) is 4.34 Å². The largest absolute Gasteiger partial charge is 0.356 e. The predicted octanol–water partition coefficient (Wildman–Crippen LogP) is 2.12. The van der Waals surface area contributed by atoms with Gasteiger partial charge in [0.15, 0.2) is 5.96 Å². The third-order valence-corrected chi connectivity index (χ3v) is 4.99. The van der Waals surface area contributed by atoms with Crippen LogP contribution >= 0.6 is 22.9 Å². The molecule has 0 saturated carbocycles. The van der Waals surface area contributed by atoms with Crippen molar-refractivity contribution in [1.29, 1.82) is 0 Å². The highest BCUT2D eigenvalue weighted by molar-refractivity contribution is 7.16. The Balaban J connectivity index is 1.72. The van der Waals surface area contributed by atoms with Crippen LogP contribution in [0.4, 0.5) is 0 Å². The van der Waals surface area contributed by atoms with E-state index in [0.717, 1.165) is 42.8 Å². The van der Waals surface area contributed by atoms with E-state index in [1.54, 1.807) is 18.4 Å². The van der Waals surface area contributed by atoms with Gasteiger partial charge in [0.05, 0.1) is 4.34 Å². The Bertz CT molecular complexity index is 531. The molecule has 1 amide bonds. The van der Waals surface area contributed by atoms with E-state index >= 15 is 0 Å². The van der Waals surface area contributed by atoms with Gasteiger partial charge in [0, 0.05) is 44.0 Å². The molecule has 1 aliphatic rings. The number of carbonyl (C=O) groups excluding carboxylic acids is 1. The van der Waals surface area contributed by atoms with E-state index in [-0.39, 0.29) is 11.9 Å². The molecule has 0 aromatic carbocycles. The molecule has 0 aliphatic carbocycles. The van der Waals surface area contributed by atoms with Crippen molar-refractivity contribution in [2.45, 2.75) is 32.2 Å². The van der Waals surface area contributed by atoms with E-state index in [1.807, 2.05) is 17.9 Å². The van der Waals surface area contributed by atoms with Crippen molar-refractivity contribution in [3.05, 3.63) is 21.3 Å². The van der Waals surface area contributed by atoms with Gasteiger partial charge in [-0.05, 0) is 25.0 Å². The molecule has 122 valence electrons. The summed E-state index contributed by atoms with van der Waals surface area (Å²) in [6.45, 7) is 4.30.